The highest BCUT2D eigenvalue weighted by Gasteiger charge is 2.13. The minimum Gasteiger partial charge on any atom is -0.208 e. The van der Waals surface area contributed by atoms with Gasteiger partial charge >= 0.3 is 0 Å². The quantitative estimate of drug-likeness (QED) is 0.294. The number of benzene rings is 4. The van der Waals surface area contributed by atoms with E-state index in [0.717, 1.165) is 38.4 Å². The first kappa shape index (κ1) is 20.1. The number of hydrogen-bond donors (Lipinski definition) is 0. The molecule has 5 rings (SSSR count). The van der Waals surface area contributed by atoms with Crippen molar-refractivity contribution in [1.82, 2.24) is 15.0 Å². The van der Waals surface area contributed by atoms with Gasteiger partial charge in [-0.25, -0.2) is 15.0 Å². The molecule has 0 fully saturated rings. The number of aromatic nitrogens is 3. The summed E-state index contributed by atoms with van der Waals surface area (Å²) < 4.78 is 0. The first-order valence-corrected chi connectivity index (χ1v) is 10.8. The fraction of sp³-hybridized carbons (Fsp3) is 0.0357. The Morgan fingerprint density at radius 2 is 1.00 bits per heavy atom. The van der Waals surface area contributed by atoms with Crippen molar-refractivity contribution in [2.24, 2.45) is 0 Å². The fourth-order valence-electron chi connectivity index (χ4n) is 3.71. The zero-order valence-electron chi connectivity index (χ0n) is 17.5. The van der Waals surface area contributed by atoms with Gasteiger partial charge in [0.25, 0.3) is 0 Å². The van der Waals surface area contributed by atoms with Crippen LogP contribution >= 0.6 is 11.6 Å². The lowest BCUT2D eigenvalue weighted by Crippen LogP contribution is -2.00. The van der Waals surface area contributed by atoms with Crippen molar-refractivity contribution >= 4 is 11.6 Å². The molecule has 0 unspecified atom stereocenters. The van der Waals surface area contributed by atoms with Gasteiger partial charge in [-0.2, -0.15) is 0 Å². The van der Waals surface area contributed by atoms with Crippen LogP contribution in [0.15, 0.2) is 103 Å². The van der Waals surface area contributed by atoms with Crippen LogP contribution in [0.4, 0.5) is 0 Å². The van der Waals surface area contributed by atoms with Gasteiger partial charge < -0.3 is 0 Å². The van der Waals surface area contributed by atoms with E-state index in [1.54, 1.807) is 0 Å². The Bertz CT molecular complexity index is 1330. The maximum absolute atomic E-state index is 6.16. The normalized spacial score (nSPS) is 10.8. The maximum Gasteiger partial charge on any atom is 0.164 e. The predicted molar refractivity (Wildman–Crippen MR) is 131 cm³/mol. The lowest BCUT2D eigenvalue weighted by molar-refractivity contribution is 1.07. The second-order valence-electron chi connectivity index (χ2n) is 7.58. The lowest BCUT2D eigenvalue weighted by Gasteiger charge is -2.11. The number of rotatable bonds is 4. The standard InChI is InChI=1S/C28H20ClN3/c1-19-17-24(29)15-16-25(19)22-13-8-14-23(18-22)28-31-26(20-9-4-2-5-10-20)30-27(32-28)21-11-6-3-7-12-21/h2-18H,1H3. The summed E-state index contributed by atoms with van der Waals surface area (Å²) in [4.78, 5) is 14.4. The molecule has 0 aliphatic rings. The third-order valence-electron chi connectivity index (χ3n) is 5.32. The molecular weight excluding hydrogens is 414 g/mol. The molecule has 0 saturated carbocycles. The van der Waals surface area contributed by atoms with Gasteiger partial charge in [0.2, 0.25) is 0 Å². The highest BCUT2D eigenvalue weighted by atomic mass is 35.5. The largest absolute Gasteiger partial charge is 0.208 e. The number of hydrogen-bond acceptors (Lipinski definition) is 3. The second-order valence-corrected chi connectivity index (χ2v) is 8.01. The van der Waals surface area contributed by atoms with Gasteiger partial charge in [-0.3, -0.25) is 0 Å². The Labute approximate surface area is 192 Å². The lowest BCUT2D eigenvalue weighted by atomic mass is 9.98. The molecular formula is C28H20ClN3. The van der Waals surface area contributed by atoms with E-state index in [-0.39, 0.29) is 0 Å². The molecule has 0 amide bonds. The van der Waals surface area contributed by atoms with Crippen LogP contribution in [0.1, 0.15) is 5.56 Å². The minimum atomic E-state index is 0.645. The van der Waals surface area contributed by atoms with Crippen LogP contribution in [0, 0.1) is 6.92 Å². The van der Waals surface area contributed by atoms with Crippen LogP contribution in [0.5, 0.6) is 0 Å². The van der Waals surface area contributed by atoms with Gasteiger partial charge in [0.1, 0.15) is 0 Å². The Balaban J connectivity index is 1.66. The summed E-state index contributed by atoms with van der Waals surface area (Å²) in [5.74, 6) is 1.95. The van der Waals surface area contributed by atoms with E-state index < -0.39 is 0 Å². The molecule has 0 radical (unpaired) electrons. The van der Waals surface area contributed by atoms with E-state index >= 15 is 0 Å². The molecule has 0 atom stereocenters. The average Bonchev–Trinajstić information content (AvgIpc) is 2.85. The third-order valence-corrected chi connectivity index (χ3v) is 5.55. The highest BCUT2D eigenvalue weighted by Crippen LogP contribution is 2.30. The van der Waals surface area contributed by atoms with Crippen LogP contribution in [0.2, 0.25) is 5.02 Å². The van der Waals surface area contributed by atoms with E-state index in [2.05, 4.69) is 25.1 Å². The van der Waals surface area contributed by atoms with Crippen LogP contribution in [-0.2, 0) is 0 Å². The summed E-state index contributed by atoms with van der Waals surface area (Å²) in [5, 5.41) is 0.736. The van der Waals surface area contributed by atoms with E-state index in [0.29, 0.717) is 17.5 Å². The van der Waals surface area contributed by atoms with Crippen LogP contribution in [0.25, 0.3) is 45.3 Å². The molecule has 0 bridgehead atoms. The first-order chi connectivity index (χ1) is 15.7. The molecule has 0 aliphatic carbocycles. The van der Waals surface area contributed by atoms with Gasteiger partial charge in [-0.05, 0) is 41.8 Å². The molecule has 0 spiro atoms. The van der Waals surface area contributed by atoms with Crippen molar-refractivity contribution in [1.29, 1.82) is 0 Å². The molecule has 0 N–H and O–H groups in total. The highest BCUT2D eigenvalue weighted by molar-refractivity contribution is 6.30. The molecule has 3 nitrogen and oxygen atoms in total. The summed E-state index contributed by atoms with van der Waals surface area (Å²) in [7, 11) is 0. The first-order valence-electron chi connectivity index (χ1n) is 10.4. The summed E-state index contributed by atoms with van der Waals surface area (Å²) in [6, 6.07) is 34.2. The van der Waals surface area contributed by atoms with E-state index in [4.69, 9.17) is 26.6 Å². The van der Waals surface area contributed by atoms with Crippen LogP contribution < -0.4 is 0 Å². The maximum atomic E-state index is 6.16. The molecule has 1 aromatic heterocycles. The zero-order valence-corrected chi connectivity index (χ0v) is 18.3. The molecule has 154 valence electrons. The van der Waals surface area contributed by atoms with Gasteiger partial charge in [0.05, 0.1) is 0 Å². The Kier molecular flexibility index (Phi) is 5.49. The summed E-state index contributed by atoms with van der Waals surface area (Å²) in [6.45, 7) is 2.07. The van der Waals surface area contributed by atoms with Gasteiger partial charge in [0, 0.05) is 21.7 Å². The van der Waals surface area contributed by atoms with Crippen LogP contribution in [-0.4, -0.2) is 15.0 Å². The van der Waals surface area contributed by atoms with Gasteiger partial charge in [-0.1, -0.05) is 96.5 Å². The molecule has 4 aromatic carbocycles. The van der Waals surface area contributed by atoms with E-state index in [1.807, 2.05) is 84.9 Å². The van der Waals surface area contributed by atoms with Crippen molar-refractivity contribution in [3.05, 3.63) is 114 Å². The van der Waals surface area contributed by atoms with Crippen molar-refractivity contribution < 1.29 is 0 Å². The van der Waals surface area contributed by atoms with E-state index in [1.165, 1.54) is 0 Å². The SMILES string of the molecule is Cc1cc(Cl)ccc1-c1cccc(-c2nc(-c3ccccc3)nc(-c3ccccc3)n2)c1. The number of aryl methyl sites for hydroxylation is 1. The number of nitrogens with zero attached hydrogens (tertiary/aromatic N) is 3. The van der Waals surface area contributed by atoms with Crippen molar-refractivity contribution in [3.63, 3.8) is 0 Å². The number of halogens is 1. The second kappa shape index (κ2) is 8.74. The van der Waals surface area contributed by atoms with Crippen molar-refractivity contribution in [2.75, 3.05) is 0 Å². The molecule has 32 heavy (non-hydrogen) atoms. The van der Waals surface area contributed by atoms with Gasteiger partial charge in [-0.15, -0.1) is 0 Å². The fourth-order valence-corrected chi connectivity index (χ4v) is 3.94. The van der Waals surface area contributed by atoms with Crippen LogP contribution in [0.3, 0.4) is 0 Å². The Morgan fingerprint density at radius 1 is 0.500 bits per heavy atom. The topological polar surface area (TPSA) is 38.7 Å². The molecule has 1 heterocycles. The van der Waals surface area contributed by atoms with Gasteiger partial charge in [0.15, 0.2) is 17.5 Å². The summed E-state index contributed by atoms with van der Waals surface area (Å²) >= 11 is 6.16. The average molecular weight is 434 g/mol. The summed E-state index contributed by atoms with van der Waals surface area (Å²) in [5.41, 5.74) is 6.21. The monoisotopic (exact) mass is 433 g/mol. The molecule has 0 aliphatic heterocycles. The minimum absolute atomic E-state index is 0.645. The van der Waals surface area contributed by atoms with Crippen molar-refractivity contribution in [3.8, 4) is 45.3 Å². The molecule has 0 saturated heterocycles. The third kappa shape index (κ3) is 4.16. The summed E-state index contributed by atoms with van der Waals surface area (Å²) in [6.07, 6.45) is 0. The zero-order chi connectivity index (χ0) is 21.9. The van der Waals surface area contributed by atoms with Crippen molar-refractivity contribution in [2.45, 2.75) is 6.92 Å². The Hall–Kier alpha value is -3.82. The molecule has 5 aromatic rings. The smallest absolute Gasteiger partial charge is 0.164 e. The van der Waals surface area contributed by atoms with E-state index in [9.17, 15) is 0 Å². The predicted octanol–water partition coefficient (Wildman–Crippen LogP) is 7.50. The molecule has 4 heteroatoms. The Morgan fingerprint density at radius 3 is 1.56 bits per heavy atom.